The zero-order valence-corrected chi connectivity index (χ0v) is 9.72. The van der Waals surface area contributed by atoms with Gasteiger partial charge in [-0.25, -0.2) is 0 Å². The summed E-state index contributed by atoms with van der Waals surface area (Å²) < 4.78 is -0.108. The lowest BCUT2D eigenvalue weighted by molar-refractivity contribution is 0.616. The largest absolute Gasteiger partial charge is 0.328 e. The fourth-order valence-corrected chi connectivity index (χ4v) is 1.04. The minimum absolute atomic E-state index is 0.108. The Balaban J connectivity index is 3.28. The van der Waals surface area contributed by atoms with Gasteiger partial charge in [-0.15, -0.1) is 0 Å². The molecular weight excluding hydrogens is 342 g/mol. The average molecular weight is 354 g/mol. The van der Waals surface area contributed by atoms with Crippen LogP contribution < -0.4 is 11.5 Å². The van der Waals surface area contributed by atoms with Crippen molar-refractivity contribution in [2.75, 3.05) is 0 Å². The second-order valence-corrected chi connectivity index (χ2v) is 8.19. The number of rotatable bonds is 3. The molecule has 1 atom stereocenters. The number of alkyl halides is 2. The zero-order valence-electron chi connectivity index (χ0n) is 5.40. The molecule has 2 nitrogen and oxygen atoms in total. The van der Waals surface area contributed by atoms with Gasteiger partial charge in [-0.05, 0) is 64.9 Å². The van der Waals surface area contributed by atoms with Crippen LogP contribution in [0.1, 0.15) is 19.8 Å². The third-order valence-corrected chi connectivity index (χ3v) is 2.01. The summed E-state index contributed by atoms with van der Waals surface area (Å²) in [6.07, 6.45) is 1.98. The van der Waals surface area contributed by atoms with Crippen molar-refractivity contribution in [3.8, 4) is 0 Å². The van der Waals surface area contributed by atoms with E-state index in [1.165, 1.54) is 0 Å². The zero-order chi connectivity index (χ0) is 7.49. The SMILES string of the molecule is CC(N)CCC(N)(I)I. The van der Waals surface area contributed by atoms with E-state index in [-0.39, 0.29) is 7.59 Å². The van der Waals surface area contributed by atoms with E-state index in [1.54, 1.807) is 0 Å². The van der Waals surface area contributed by atoms with Crippen molar-refractivity contribution >= 4 is 45.2 Å². The molecule has 0 aromatic carbocycles. The predicted molar refractivity (Wildman–Crippen MR) is 57.8 cm³/mol. The lowest BCUT2D eigenvalue weighted by Crippen LogP contribution is -2.27. The summed E-state index contributed by atoms with van der Waals surface area (Å²) in [5.74, 6) is 0. The second kappa shape index (κ2) is 4.30. The van der Waals surface area contributed by atoms with E-state index < -0.39 is 0 Å². The summed E-state index contributed by atoms with van der Waals surface area (Å²) in [5, 5.41) is 0. The Morgan fingerprint density at radius 2 is 2.00 bits per heavy atom. The number of hydrogen-bond acceptors (Lipinski definition) is 2. The summed E-state index contributed by atoms with van der Waals surface area (Å²) in [6, 6.07) is 0.275. The fraction of sp³-hybridized carbons (Fsp3) is 1.00. The molecule has 0 aromatic rings. The molecule has 0 aromatic heterocycles. The van der Waals surface area contributed by atoms with E-state index in [0.717, 1.165) is 12.8 Å². The topological polar surface area (TPSA) is 52.0 Å². The molecule has 4 N–H and O–H groups in total. The lowest BCUT2D eigenvalue weighted by atomic mass is 10.2. The average Bonchev–Trinajstić information content (AvgIpc) is 1.59. The predicted octanol–water partition coefficient (Wildman–Crippen LogP) is 1.60. The third-order valence-electron chi connectivity index (χ3n) is 0.933. The molecule has 0 amide bonds. The number of hydrogen-bond donors (Lipinski definition) is 2. The first-order valence-electron chi connectivity index (χ1n) is 2.84. The molecular formula is C5H12I2N2. The summed E-state index contributed by atoms with van der Waals surface area (Å²) in [4.78, 5) is 0. The van der Waals surface area contributed by atoms with Gasteiger partial charge in [0, 0.05) is 6.04 Å². The quantitative estimate of drug-likeness (QED) is 0.460. The van der Waals surface area contributed by atoms with Crippen molar-refractivity contribution < 1.29 is 0 Å². The molecule has 0 heterocycles. The van der Waals surface area contributed by atoms with Gasteiger partial charge < -0.3 is 11.5 Å². The van der Waals surface area contributed by atoms with Gasteiger partial charge in [0.25, 0.3) is 0 Å². The van der Waals surface area contributed by atoms with E-state index in [9.17, 15) is 0 Å². The minimum atomic E-state index is -0.108. The van der Waals surface area contributed by atoms with E-state index in [2.05, 4.69) is 45.2 Å². The van der Waals surface area contributed by atoms with Crippen LogP contribution in [0, 0.1) is 0 Å². The fourth-order valence-electron chi connectivity index (χ4n) is 0.420. The highest BCUT2D eigenvalue weighted by Crippen LogP contribution is 2.26. The van der Waals surface area contributed by atoms with Crippen LogP contribution in [0.2, 0.25) is 0 Å². The first-order valence-corrected chi connectivity index (χ1v) is 5.00. The summed E-state index contributed by atoms with van der Waals surface area (Å²) >= 11 is 4.44. The van der Waals surface area contributed by atoms with Crippen LogP contribution in [-0.2, 0) is 0 Å². The van der Waals surface area contributed by atoms with Crippen LogP contribution >= 0.6 is 45.2 Å². The molecule has 0 saturated heterocycles. The van der Waals surface area contributed by atoms with Crippen LogP contribution in [0.15, 0.2) is 0 Å². The van der Waals surface area contributed by atoms with Gasteiger partial charge in [-0.2, -0.15) is 0 Å². The van der Waals surface area contributed by atoms with Crippen molar-refractivity contribution in [1.29, 1.82) is 0 Å². The van der Waals surface area contributed by atoms with Gasteiger partial charge in [0.2, 0.25) is 0 Å². The standard InChI is InChI=1S/C5H12I2N2/c1-4(8)2-3-5(6,7)9/h4H,2-3,8-9H2,1H3. The molecule has 0 bridgehead atoms. The second-order valence-electron chi connectivity index (χ2n) is 2.28. The van der Waals surface area contributed by atoms with Crippen molar-refractivity contribution in [2.24, 2.45) is 11.5 Å². The highest BCUT2D eigenvalue weighted by Gasteiger charge is 2.14. The maximum absolute atomic E-state index is 5.70. The Hall–Kier alpha value is 1.38. The van der Waals surface area contributed by atoms with Crippen molar-refractivity contribution in [2.45, 2.75) is 27.4 Å². The Bertz CT molecular complexity index is 77.5. The molecule has 56 valence electrons. The normalized spacial score (nSPS) is 15.7. The van der Waals surface area contributed by atoms with Crippen LogP contribution in [0.5, 0.6) is 0 Å². The molecule has 0 aliphatic carbocycles. The van der Waals surface area contributed by atoms with E-state index in [1.807, 2.05) is 6.92 Å². The van der Waals surface area contributed by atoms with Crippen molar-refractivity contribution in [1.82, 2.24) is 0 Å². The molecule has 0 aliphatic rings. The van der Waals surface area contributed by atoms with Gasteiger partial charge in [-0.3, -0.25) is 0 Å². The molecule has 0 spiro atoms. The van der Waals surface area contributed by atoms with Crippen molar-refractivity contribution in [3.05, 3.63) is 0 Å². The van der Waals surface area contributed by atoms with E-state index in [0.29, 0.717) is 0 Å². The minimum Gasteiger partial charge on any atom is -0.328 e. The summed E-state index contributed by atoms with van der Waals surface area (Å²) in [5.41, 5.74) is 11.2. The lowest BCUT2D eigenvalue weighted by Gasteiger charge is -2.14. The smallest absolute Gasteiger partial charge is 0.120 e. The number of halogens is 2. The van der Waals surface area contributed by atoms with E-state index in [4.69, 9.17) is 11.5 Å². The highest BCUT2D eigenvalue weighted by atomic mass is 127. The first kappa shape index (κ1) is 10.4. The molecule has 1 unspecified atom stereocenters. The maximum Gasteiger partial charge on any atom is 0.120 e. The highest BCUT2D eigenvalue weighted by molar-refractivity contribution is 14.2. The van der Waals surface area contributed by atoms with Gasteiger partial charge in [0.15, 0.2) is 0 Å². The molecule has 0 radical (unpaired) electrons. The van der Waals surface area contributed by atoms with Crippen LogP contribution in [0.4, 0.5) is 0 Å². The van der Waals surface area contributed by atoms with Crippen LogP contribution in [0.25, 0.3) is 0 Å². The van der Waals surface area contributed by atoms with E-state index >= 15 is 0 Å². The van der Waals surface area contributed by atoms with Gasteiger partial charge in [0.05, 0.1) is 0 Å². The maximum atomic E-state index is 5.70. The Morgan fingerprint density at radius 3 is 2.11 bits per heavy atom. The molecule has 0 aliphatic heterocycles. The number of nitrogens with two attached hydrogens (primary N) is 2. The summed E-state index contributed by atoms with van der Waals surface area (Å²) in [7, 11) is 0. The molecule has 4 heteroatoms. The molecule has 0 rings (SSSR count). The molecule has 9 heavy (non-hydrogen) atoms. The monoisotopic (exact) mass is 354 g/mol. The van der Waals surface area contributed by atoms with Gasteiger partial charge >= 0.3 is 0 Å². The van der Waals surface area contributed by atoms with Crippen LogP contribution in [-0.4, -0.2) is 7.59 Å². The molecule has 0 saturated carbocycles. The first-order chi connectivity index (χ1) is 3.92. The summed E-state index contributed by atoms with van der Waals surface area (Å²) in [6.45, 7) is 2.00. The molecule has 0 fully saturated rings. The Kier molecular flexibility index (Phi) is 4.96. The Morgan fingerprint density at radius 1 is 1.56 bits per heavy atom. The third kappa shape index (κ3) is 9.38. The van der Waals surface area contributed by atoms with Gasteiger partial charge in [0.1, 0.15) is 1.55 Å². The van der Waals surface area contributed by atoms with Crippen LogP contribution in [0.3, 0.4) is 0 Å². The Labute approximate surface area is 83.4 Å². The van der Waals surface area contributed by atoms with Crippen molar-refractivity contribution in [3.63, 3.8) is 0 Å². The van der Waals surface area contributed by atoms with Gasteiger partial charge in [-0.1, -0.05) is 0 Å².